The summed E-state index contributed by atoms with van der Waals surface area (Å²) in [7, 11) is 1.62. The Hall–Kier alpha value is -3.31. The molecule has 0 aliphatic carbocycles. The minimum Gasteiger partial charge on any atom is -0.496 e. The molecule has 0 saturated carbocycles. The van der Waals surface area contributed by atoms with E-state index in [1.165, 1.54) is 5.56 Å². The van der Waals surface area contributed by atoms with E-state index < -0.39 is 0 Å². The molecule has 4 rings (SSSR count). The number of benzene rings is 3. The van der Waals surface area contributed by atoms with Crippen LogP contribution in [0.25, 0.3) is 27.7 Å². The third-order valence-electron chi connectivity index (χ3n) is 5.43. The van der Waals surface area contributed by atoms with Crippen molar-refractivity contribution >= 4 is 44.1 Å². The molecular formula is C27H24BrNO3. The topological polar surface area (TPSA) is 51.5 Å². The number of amides is 1. The van der Waals surface area contributed by atoms with Crippen LogP contribution in [0.15, 0.2) is 81.9 Å². The van der Waals surface area contributed by atoms with Crippen LogP contribution in [-0.2, 0) is 11.2 Å². The lowest BCUT2D eigenvalue weighted by Gasteiger charge is -2.10. The van der Waals surface area contributed by atoms with Gasteiger partial charge >= 0.3 is 0 Å². The van der Waals surface area contributed by atoms with Gasteiger partial charge in [-0.05, 0) is 60.4 Å². The van der Waals surface area contributed by atoms with Gasteiger partial charge in [-0.3, -0.25) is 4.79 Å². The van der Waals surface area contributed by atoms with Crippen molar-refractivity contribution in [1.29, 1.82) is 0 Å². The standard InChI is InChI=1S/C27H24BrNO3/c1-4-18-8-10-21(11-9-18)29-27(30)12-17(2)22-14-23-24(19-6-5-7-20(28)13-19)16-32-26(23)15-25(22)31-3/h5-16H,4H2,1-3H3,(H,29,30)/b17-12+. The molecule has 3 aromatic carbocycles. The second kappa shape index (κ2) is 9.45. The predicted molar refractivity (Wildman–Crippen MR) is 134 cm³/mol. The highest BCUT2D eigenvalue weighted by atomic mass is 79.9. The van der Waals surface area contributed by atoms with Crippen molar-refractivity contribution < 1.29 is 13.9 Å². The van der Waals surface area contributed by atoms with Crippen LogP contribution in [0.5, 0.6) is 5.75 Å². The zero-order chi connectivity index (χ0) is 22.7. The fraction of sp³-hybridized carbons (Fsp3) is 0.148. The summed E-state index contributed by atoms with van der Waals surface area (Å²) < 4.78 is 12.4. The van der Waals surface area contributed by atoms with Crippen LogP contribution < -0.4 is 10.1 Å². The molecule has 0 atom stereocenters. The molecule has 0 spiro atoms. The Morgan fingerprint density at radius 2 is 1.91 bits per heavy atom. The van der Waals surface area contributed by atoms with Crippen molar-refractivity contribution in [2.24, 2.45) is 0 Å². The molecule has 32 heavy (non-hydrogen) atoms. The molecule has 0 fully saturated rings. The second-order valence-electron chi connectivity index (χ2n) is 7.58. The lowest BCUT2D eigenvalue weighted by molar-refractivity contribution is -0.111. The molecule has 0 bridgehead atoms. The SMILES string of the molecule is CCc1ccc(NC(=O)/C=C(\C)c2cc3c(-c4cccc(Br)c4)coc3cc2OC)cc1. The second-order valence-corrected chi connectivity index (χ2v) is 8.49. The summed E-state index contributed by atoms with van der Waals surface area (Å²) in [5.74, 6) is 0.467. The van der Waals surface area contributed by atoms with Crippen LogP contribution in [0, 0.1) is 0 Å². The number of allylic oxidation sites excluding steroid dienone is 1. The van der Waals surface area contributed by atoms with E-state index in [0.29, 0.717) is 5.75 Å². The van der Waals surface area contributed by atoms with Gasteiger partial charge in [-0.2, -0.15) is 0 Å². The molecule has 0 saturated heterocycles. The van der Waals surface area contributed by atoms with Crippen molar-refractivity contribution in [2.45, 2.75) is 20.3 Å². The van der Waals surface area contributed by atoms with Gasteiger partial charge in [0.1, 0.15) is 11.3 Å². The van der Waals surface area contributed by atoms with E-state index in [1.54, 1.807) is 19.4 Å². The summed E-state index contributed by atoms with van der Waals surface area (Å²) in [5.41, 5.74) is 6.40. The van der Waals surface area contributed by atoms with Gasteiger partial charge in [0.2, 0.25) is 5.91 Å². The number of nitrogens with one attached hydrogen (secondary N) is 1. The van der Waals surface area contributed by atoms with E-state index in [9.17, 15) is 4.79 Å². The van der Waals surface area contributed by atoms with Crippen molar-refractivity contribution in [3.05, 3.63) is 88.6 Å². The first-order chi connectivity index (χ1) is 15.5. The van der Waals surface area contributed by atoms with Crippen molar-refractivity contribution in [2.75, 3.05) is 12.4 Å². The maximum absolute atomic E-state index is 12.6. The summed E-state index contributed by atoms with van der Waals surface area (Å²) in [6.45, 7) is 4.01. The first kappa shape index (κ1) is 21.9. The van der Waals surface area contributed by atoms with Crippen LogP contribution in [0.1, 0.15) is 25.0 Å². The lowest BCUT2D eigenvalue weighted by atomic mass is 9.99. The minimum absolute atomic E-state index is 0.187. The average Bonchev–Trinajstić information content (AvgIpc) is 3.21. The zero-order valence-corrected chi connectivity index (χ0v) is 19.8. The number of halogens is 1. The molecule has 0 unspecified atom stereocenters. The largest absolute Gasteiger partial charge is 0.496 e. The number of anilines is 1. The van der Waals surface area contributed by atoms with E-state index in [-0.39, 0.29) is 5.91 Å². The number of carbonyl (C=O) groups excluding carboxylic acids is 1. The average molecular weight is 490 g/mol. The molecule has 1 amide bonds. The van der Waals surface area contributed by atoms with E-state index in [4.69, 9.17) is 9.15 Å². The fourth-order valence-electron chi connectivity index (χ4n) is 3.69. The molecule has 1 N–H and O–H groups in total. The van der Waals surface area contributed by atoms with Crippen LogP contribution in [0.2, 0.25) is 0 Å². The Morgan fingerprint density at radius 1 is 1.12 bits per heavy atom. The lowest BCUT2D eigenvalue weighted by Crippen LogP contribution is -2.08. The first-order valence-corrected chi connectivity index (χ1v) is 11.2. The molecule has 4 nitrogen and oxygen atoms in total. The van der Waals surface area contributed by atoms with Gasteiger partial charge in [0.15, 0.2) is 0 Å². The molecule has 0 aliphatic rings. The Balaban J connectivity index is 1.68. The predicted octanol–water partition coefficient (Wildman–Crippen LogP) is 7.48. The number of hydrogen-bond donors (Lipinski definition) is 1. The van der Waals surface area contributed by atoms with E-state index >= 15 is 0 Å². The summed E-state index contributed by atoms with van der Waals surface area (Å²) in [6, 6.07) is 19.8. The van der Waals surface area contributed by atoms with Gasteiger partial charge in [0, 0.05) is 38.8 Å². The molecule has 0 radical (unpaired) electrons. The van der Waals surface area contributed by atoms with Gasteiger partial charge in [0.05, 0.1) is 13.4 Å². The maximum atomic E-state index is 12.6. The summed E-state index contributed by atoms with van der Waals surface area (Å²) in [4.78, 5) is 12.6. The molecule has 1 aromatic heterocycles. The van der Waals surface area contributed by atoms with Gasteiger partial charge in [-0.15, -0.1) is 0 Å². The Morgan fingerprint density at radius 3 is 2.59 bits per heavy atom. The molecule has 1 heterocycles. The van der Waals surface area contributed by atoms with Crippen molar-refractivity contribution in [3.8, 4) is 16.9 Å². The molecule has 4 aromatic rings. The molecule has 162 valence electrons. The monoisotopic (exact) mass is 489 g/mol. The zero-order valence-electron chi connectivity index (χ0n) is 18.2. The van der Waals surface area contributed by atoms with Gasteiger partial charge < -0.3 is 14.5 Å². The molecular weight excluding hydrogens is 466 g/mol. The quantitative estimate of drug-likeness (QED) is 0.285. The molecule has 0 aliphatic heterocycles. The number of carbonyl (C=O) groups is 1. The Labute approximate surface area is 196 Å². The highest BCUT2D eigenvalue weighted by Crippen LogP contribution is 2.37. The summed E-state index contributed by atoms with van der Waals surface area (Å²) in [5, 5.41) is 3.89. The minimum atomic E-state index is -0.187. The van der Waals surface area contributed by atoms with E-state index in [2.05, 4.69) is 28.2 Å². The summed E-state index contributed by atoms with van der Waals surface area (Å²) in [6.07, 6.45) is 4.31. The smallest absolute Gasteiger partial charge is 0.248 e. The van der Waals surface area contributed by atoms with Gasteiger partial charge in [0.25, 0.3) is 0 Å². The van der Waals surface area contributed by atoms with Crippen molar-refractivity contribution in [1.82, 2.24) is 0 Å². The van der Waals surface area contributed by atoms with Crippen LogP contribution in [-0.4, -0.2) is 13.0 Å². The Bertz CT molecular complexity index is 1300. The first-order valence-electron chi connectivity index (χ1n) is 10.4. The number of rotatable bonds is 6. The van der Waals surface area contributed by atoms with Gasteiger partial charge in [-0.1, -0.05) is 47.1 Å². The highest BCUT2D eigenvalue weighted by molar-refractivity contribution is 9.10. The third kappa shape index (κ3) is 4.63. The molecule has 5 heteroatoms. The number of ether oxygens (including phenoxy) is 1. The van der Waals surface area contributed by atoms with Gasteiger partial charge in [-0.25, -0.2) is 0 Å². The Kier molecular flexibility index (Phi) is 6.47. The van der Waals surface area contributed by atoms with E-state index in [0.717, 1.165) is 49.8 Å². The van der Waals surface area contributed by atoms with Crippen molar-refractivity contribution in [3.63, 3.8) is 0 Å². The number of hydrogen-bond acceptors (Lipinski definition) is 3. The highest BCUT2D eigenvalue weighted by Gasteiger charge is 2.15. The number of aryl methyl sites for hydroxylation is 1. The normalized spacial score (nSPS) is 11.6. The van der Waals surface area contributed by atoms with E-state index in [1.807, 2.05) is 67.6 Å². The third-order valence-corrected chi connectivity index (χ3v) is 5.93. The van der Waals surface area contributed by atoms with Crippen LogP contribution >= 0.6 is 15.9 Å². The number of furan rings is 1. The fourth-order valence-corrected chi connectivity index (χ4v) is 4.09. The summed E-state index contributed by atoms with van der Waals surface area (Å²) >= 11 is 3.53. The maximum Gasteiger partial charge on any atom is 0.248 e. The number of methoxy groups -OCH3 is 1. The van der Waals surface area contributed by atoms with Crippen LogP contribution in [0.4, 0.5) is 5.69 Å². The van der Waals surface area contributed by atoms with Crippen LogP contribution in [0.3, 0.4) is 0 Å². The number of fused-ring (bicyclic) bond motifs is 1.